The molecule has 4 rings (SSSR count). The molecule has 0 spiro atoms. The van der Waals surface area contributed by atoms with Crippen molar-refractivity contribution in [2.75, 3.05) is 19.7 Å². The van der Waals surface area contributed by atoms with Crippen molar-refractivity contribution < 1.29 is 18.7 Å². The van der Waals surface area contributed by atoms with Gasteiger partial charge in [0, 0.05) is 36.0 Å². The molecule has 2 fully saturated rings. The molecule has 6 nitrogen and oxygen atoms in total. The lowest BCUT2D eigenvalue weighted by Gasteiger charge is -2.37. The zero-order chi connectivity index (χ0) is 23.4. The topological polar surface area (TPSA) is 64.4 Å². The van der Waals surface area contributed by atoms with Crippen molar-refractivity contribution in [3.8, 4) is 0 Å². The Morgan fingerprint density at radius 3 is 2.74 bits per heavy atom. The number of carbonyl (C=O) groups is 2. The molecule has 0 amide bonds. The van der Waals surface area contributed by atoms with Gasteiger partial charge in [-0.25, -0.2) is 4.39 Å². The van der Waals surface area contributed by atoms with Crippen LogP contribution in [0.5, 0.6) is 0 Å². The van der Waals surface area contributed by atoms with E-state index in [9.17, 15) is 14.0 Å². The summed E-state index contributed by atoms with van der Waals surface area (Å²) in [5.74, 6) is -0.438. The summed E-state index contributed by atoms with van der Waals surface area (Å²) >= 11 is 4.76. The van der Waals surface area contributed by atoms with Gasteiger partial charge in [0.05, 0.1) is 31.3 Å². The minimum absolute atomic E-state index is 0. The summed E-state index contributed by atoms with van der Waals surface area (Å²) in [6.45, 7) is 3.81. The molecule has 9 heteroatoms. The quantitative estimate of drug-likeness (QED) is 0.400. The lowest BCUT2D eigenvalue weighted by molar-refractivity contribution is -0.143. The highest BCUT2D eigenvalue weighted by Crippen LogP contribution is 2.39. The Morgan fingerprint density at radius 2 is 2.03 bits per heavy atom. The number of Topliss-reactive ketones (excluding diaryl/α,β-unsaturated/α-hetero) is 1. The van der Waals surface area contributed by atoms with Gasteiger partial charge in [0.15, 0.2) is 5.78 Å². The van der Waals surface area contributed by atoms with E-state index < -0.39 is 6.04 Å². The van der Waals surface area contributed by atoms with E-state index in [1.54, 1.807) is 29.8 Å². The maximum atomic E-state index is 14.7. The van der Waals surface area contributed by atoms with Crippen LogP contribution >= 0.6 is 25.0 Å². The molecule has 1 aromatic carbocycles. The number of carbonyl (C=O) groups excluding carboxylic acids is 2. The average Bonchev–Trinajstić information content (AvgIpc) is 3.56. The maximum Gasteiger partial charge on any atom is 0.307 e. The predicted octanol–water partition coefficient (Wildman–Crippen LogP) is 4.51. The molecule has 34 heavy (non-hydrogen) atoms. The molecule has 0 radical (unpaired) electrons. The fourth-order valence-corrected chi connectivity index (χ4v) is 4.55. The van der Waals surface area contributed by atoms with Gasteiger partial charge < -0.3 is 4.74 Å². The van der Waals surface area contributed by atoms with Crippen molar-refractivity contribution in [2.24, 2.45) is 5.92 Å². The molecule has 2 heterocycles. The number of hydrogen-bond donors (Lipinski definition) is 1. The van der Waals surface area contributed by atoms with E-state index in [1.165, 1.54) is 6.07 Å². The number of benzene rings is 1. The van der Waals surface area contributed by atoms with Crippen LogP contribution in [-0.4, -0.2) is 51.4 Å². The Hall–Kier alpha value is -2.16. The minimum Gasteiger partial charge on any atom is -0.466 e. The van der Waals surface area contributed by atoms with Gasteiger partial charge >= 0.3 is 5.97 Å². The van der Waals surface area contributed by atoms with Gasteiger partial charge in [-0.3, -0.25) is 19.2 Å². The highest BCUT2D eigenvalue weighted by atomic mass is 35.5. The zero-order valence-electron chi connectivity index (χ0n) is 19.2. The first-order valence-electron chi connectivity index (χ1n) is 11.6. The normalized spacial score (nSPS) is 20.6. The van der Waals surface area contributed by atoms with Gasteiger partial charge in [0.2, 0.25) is 0 Å². The fourth-order valence-electron chi connectivity index (χ4n) is 4.28. The van der Waals surface area contributed by atoms with Crippen molar-refractivity contribution in [3.05, 3.63) is 59.2 Å². The van der Waals surface area contributed by atoms with Crippen LogP contribution < -0.4 is 0 Å². The van der Waals surface area contributed by atoms with Crippen LogP contribution in [0.4, 0.5) is 4.39 Å². The number of ether oxygens (including phenoxy) is 1. The molecule has 2 aromatic rings. The first kappa shape index (κ1) is 26.4. The van der Waals surface area contributed by atoms with Crippen LogP contribution in [0, 0.1) is 11.7 Å². The van der Waals surface area contributed by atoms with Gasteiger partial charge in [-0.05, 0) is 50.0 Å². The van der Waals surface area contributed by atoms with Crippen molar-refractivity contribution in [2.45, 2.75) is 50.4 Å². The number of nitrogens with zero attached hydrogens (tertiary/aromatic N) is 3. The van der Waals surface area contributed by atoms with E-state index in [1.807, 2.05) is 18.3 Å². The molecule has 184 valence electrons. The van der Waals surface area contributed by atoms with E-state index >= 15 is 0 Å². The highest BCUT2D eigenvalue weighted by molar-refractivity contribution is 7.81. The summed E-state index contributed by atoms with van der Waals surface area (Å²) in [5, 5.41) is 4.58. The van der Waals surface area contributed by atoms with Gasteiger partial charge in [-0.1, -0.05) is 18.2 Å². The largest absolute Gasteiger partial charge is 0.466 e. The van der Waals surface area contributed by atoms with Crippen molar-refractivity contribution in [1.82, 2.24) is 14.7 Å². The lowest BCUT2D eigenvalue weighted by atomic mass is 9.93. The Labute approximate surface area is 211 Å². The molecule has 1 saturated heterocycles. The minimum atomic E-state index is -0.579. The Bertz CT molecular complexity index is 1040. The second kappa shape index (κ2) is 12.0. The van der Waals surface area contributed by atoms with Crippen LogP contribution in [0.25, 0.3) is 6.08 Å². The van der Waals surface area contributed by atoms with Gasteiger partial charge in [-0.15, -0.1) is 12.4 Å². The third-order valence-corrected chi connectivity index (χ3v) is 6.75. The van der Waals surface area contributed by atoms with Gasteiger partial charge in [-0.2, -0.15) is 17.7 Å². The molecular weight excluding hydrogens is 477 g/mol. The molecule has 2 atom stereocenters. The van der Waals surface area contributed by atoms with Crippen LogP contribution in [0.15, 0.2) is 42.1 Å². The summed E-state index contributed by atoms with van der Waals surface area (Å²) in [6, 6.07) is 7.90. The summed E-state index contributed by atoms with van der Waals surface area (Å²) in [7, 11) is 0. The number of rotatable bonds is 9. The molecule has 1 aliphatic heterocycles. The number of ketones is 1. The van der Waals surface area contributed by atoms with E-state index in [2.05, 4.69) is 10.00 Å². The summed E-state index contributed by atoms with van der Waals surface area (Å²) < 4.78 is 21.4. The van der Waals surface area contributed by atoms with Crippen LogP contribution in [-0.2, 0) is 20.9 Å². The standard InChI is InChI=1S/C25H30FN3O3S.ClH/c1-2-32-23(30)11-14-29-13-9-19(27-29)15-18-16-28(12-10-22(18)33)24(25(31)17-7-8-17)20-5-3-4-6-21(20)26;/h3-6,9,13,15,17,22,24,33H,2,7-8,10-12,14,16H2,1H3;1H/b18-15+;/t22-,24+;/m1./s1. The number of esters is 1. The second-order valence-corrected chi connectivity index (χ2v) is 9.28. The number of likely N-dealkylation sites (tertiary alicyclic amines) is 1. The Morgan fingerprint density at radius 1 is 1.26 bits per heavy atom. The molecule has 0 unspecified atom stereocenters. The first-order valence-corrected chi connectivity index (χ1v) is 12.1. The van der Waals surface area contributed by atoms with E-state index in [0.717, 1.165) is 30.5 Å². The van der Waals surface area contributed by atoms with E-state index in [4.69, 9.17) is 17.4 Å². The average molecular weight is 508 g/mol. The predicted molar refractivity (Wildman–Crippen MR) is 135 cm³/mol. The summed E-state index contributed by atoms with van der Waals surface area (Å²) in [5.41, 5.74) is 2.27. The Balaban J connectivity index is 0.00000324. The number of thiol groups is 1. The molecular formula is C25H31ClFN3O3S. The van der Waals surface area contributed by atoms with Crippen molar-refractivity contribution in [3.63, 3.8) is 0 Å². The van der Waals surface area contributed by atoms with Gasteiger partial charge in [0.25, 0.3) is 0 Å². The lowest BCUT2D eigenvalue weighted by Crippen LogP contribution is -2.42. The van der Waals surface area contributed by atoms with E-state index in [0.29, 0.717) is 31.8 Å². The SMILES string of the molecule is CCOC(=O)CCn1ccc(/C=C2\CN([C@H](C(=O)C3CC3)c3ccccc3F)CC[C@H]2S)n1.Cl. The molecule has 0 N–H and O–H groups in total. The smallest absolute Gasteiger partial charge is 0.307 e. The Kier molecular flexibility index (Phi) is 9.33. The summed E-state index contributed by atoms with van der Waals surface area (Å²) in [6.07, 6.45) is 6.63. The van der Waals surface area contributed by atoms with Crippen LogP contribution in [0.1, 0.15) is 49.9 Å². The molecule has 1 aromatic heterocycles. The third kappa shape index (κ3) is 6.49. The van der Waals surface area contributed by atoms with E-state index in [-0.39, 0.29) is 47.6 Å². The number of hydrogen-bond acceptors (Lipinski definition) is 6. The third-order valence-electron chi connectivity index (χ3n) is 6.16. The molecule has 1 aliphatic carbocycles. The first-order chi connectivity index (χ1) is 16.0. The van der Waals surface area contributed by atoms with Crippen LogP contribution in [0.2, 0.25) is 0 Å². The van der Waals surface area contributed by atoms with Gasteiger partial charge in [0.1, 0.15) is 5.82 Å². The molecule has 2 aliphatic rings. The number of piperidine rings is 1. The molecule has 0 bridgehead atoms. The monoisotopic (exact) mass is 507 g/mol. The summed E-state index contributed by atoms with van der Waals surface area (Å²) in [4.78, 5) is 26.8. The van der Waals surface area contributed by atoms with Crippen molar-refractivity contribution in [1.29, 1.82) is 0 Å². The van der Waals surface area contributed by atoms with Crippen LogP contribution in [0.3, 0.4) is 0 Å². The molecule has 1 saturated carbocycles. The van der Waals surface area contributed by atoms with Crippen molar-refractivity contribution >= 4 is 42.9 Å². The fraction of sp³-hybridized carbons (Fsp3) is 0.480. The second-order valence-electron chi connectivity index (χ2n) is 8.65. The maximum absolute atomic E-state index is 14.7. The number of halogens is 2. The highest BCUT2D eigenvalue weighted by Gasteiger charge is 2.40. The number of aromatic nitrogens is 2. The number of aryl methyl sites for hydroxylation is 1. The zero-order valence-corrected chi connectivity index (χ0v) is 20.9.